The van der Waals surface area contributed by atoms with Crippen molar-refractivity contribution in [3.8, 4) is 5.75 Å². The van der Waals surface area contributed by atoms with Crippen molar-refractivity contribution in [2.24, 2.45) is 0 Å². The third-order valence-corrected chi connectivity index (χ3v) is 5.32. The molecule has 2 aromatic heterocycles. The number of ether oxygens (including phenoxy) is 1. The molecule has 0 spiro atoms. The van der Waals surface area contributed by atoms with Crippen LogP contribution in [-0.2, 0) is 4.79 Å². The number of likely N-dealkylation sites (tertiary alicyclic amines) is 1. The number of hydrogen-bond donors (Lipinski definition) is 1. The Morgan fingerprint density at radius 1 is 1.27 bits per heavy atom. The molecule has 8 heteroatoms. The molecule has 154 valence electrons. The molecule has 1 fully saturated rings. The van der Waals surface area contributed by atoms with Gasteiger partial charge in [0.2, 0.25) is 5.91 Å². The third kappa shape index (κ3) is 3.89. The lowest BCUT2D eigenvalue weighted by molar-refractivity contribution is -0.127. The van der Waals surface area contributed by atoms with E-state index in [1.807, 2.05) is 35.1 Å². The Kier molecular flexibility index (Phi) is 5.47. The van der Waals surface area contributed by atoms with Gasteiger partial charge in [-0.1, -0.05) is 18.7 Å². The molecule has 8 nitrogen and oxygen atoms in total. The number of pyridine rings is 1. The van der Waals surface area contributed by atoms with E-state index in [1.165, 1.54) is 6.08 Å². The van der Waals surface area contributed by atoms with Gasteiger partial charge in [0, 0.05) is 30.7 Å². The van der Waals surface area contributed by atoms with Crippen molar-refractivity contribution >= 4 is 28.4 Å². The second kappa shape index (κ2) is 8.36. The quantitative estimate of drug-likeness (QED) is 0.659. The molecule has 3 heterocycles. The Labute approximate surface area is 174 Å². The molecule has 0 radical (unpaired) electrons. The van der Waals surface area contributed by atoms with Crippen molar-refractivity contribution in [3.63, 3.8) is 0 Å². The lowest BCUT2D eigenvalue weighted by Crippen LogP contribution is -2.38. The smallest absolute Gasteiger partial charge is 0.274 e. The third-order valence-electron chi connectivity index (χ3n) is 5.32. The molecule has 0 saturated carbocycles. The first-order valence-electron chi connectivity index (χ1n) is 9.79. The predicted molar refractivity (Wildman–Crippen MR) is 114 cm³/mol. The Balaban J connectivity index is 1.45. The maximum Gasteiger partial charge on any atom is 0.274 e. The molecule has 2 amide bonds. The molecule has 1 aromatic carbocycles. The van der Waals surface area contributed by atoms with Crippen molar-refractivity contribution in [2.45, 2.75) is 18.9 Å². The van der Waals surface area contributed by atoms with Crippen LogP contribution in [0.25, 0.3) is 10.9 Å². The van der Waals surface area contributed by atoms with Crippen LogP contribution in [0.5, 0.6) is 5.75 Å². The Hall–Kier alpha value is -3.68. The van der Waals surface area contributed by atoms with Crippen molar-refractivity contribution in [2.75, 3.05) is 25.5 Å². The molecule has 0 aliphatic carbocycles. The van der Waals surface area contributed by atoms with Crippen molar-refractivity contribution < 1.29 is 14.3 Å². The number of piperidine rings is 1. The highest BCUT2D eigenvalue weighted by atomic mass is 16.5. The highest BCUT2D eigenvalue weighted by molar-refractivity contribution is 6.04. The SMILES string of the molecule is C=CC(=O)N1CCC(n2cc(NC(=O)c3cc(OC)c4ccccc4n3)cn2)CC1. The Morgan fingerprint density at radius 3 is 2.77 bits per heavy atom. The monoisotopic (exact) mass is 405 g/mol. The molecule has 30 heavy (non-hydrogen) atoms. The van der Waals surface area contributed by atoms with Gasteiger partial charge in [-0.05, 0) is 31.1 Å². The minimum atomic E-state index is -0.329. The van der Waals surface area contributed by atoms with Crippen LogP contribution in [0.2, 0.25) is 0 Å². The first-order chi connectivity index (χ1) is 14.6. The number of methoxy groups -OCH3 is 1. The van der Waals surface area contributed by atoms with Crippen molar-refractivity contribution in [1.82, 2.24) is 19.7 Å². The second-order valence-electron chi connectivity index (χ2n) is 7.15. The zero-order valence-electron chi connectivity index (χ0n) is 16.7. The van der Waals surface area contributed by atoms with Crippen LogP contribution < -0.4 is 10.1 Å². The summed E-state index contributed by atoms with van der Waals surface area (Å²) in [5.74, 6) is 0.229. The summed E-state index contributed by atoms with van der Waals surface area (Å²) in [5, 5.41) is 8.10. The molecule has 0 bridgehead atoms. The van der Waals surface area contributed by atoms with E-state index in [4.69, 9.17) is 4.74 Å². The van der Waals surface area contributed by atoms with Gasteiger partial charge in [-0.3, -0.25) is 14.3 Å². The molecule has 0 unspecified atom stereocenters. The molecule has 1 saturated heterocycles. The van der Waals surface area contributed by atoms with E-state index in [2.05, 4.69) is 22.0 Å². The van der Waals surface area contributed by atoms with Crippen LogP contribution in [0.15, 0.2) is 55.4 Å². The number of aromatic nitrogens is 3. The first kappa shape index (κ1) is 19.6. The van der Waals surface area contributed by atoms with E-state index in [1.54, 1.807) is 24.3 Å². The van der Waals surface area contributed by atoms with Crippen LogP contribution in [-0.4, -0.2) is 51.7 Å². The lowest BCUT2D eigenvalue weighted by Gasteiger charge is -2.31. The molecule has 1 aliphatic rings. The number of nitrogens with zero attached hydrogens (tertiary/aromatic N) is 4. The molecular formula is C22H23N5O3. The van der Waals surface area contributed by atoms with Crippen LogP contribution in [0, 0.1) is 0 Å². The Morgan fingerprint density at radius 2 is 2.03 bits per heavy atom. The average Bonchev–Trinajstić information content (AvgIpc) is 3.26. The van der Waals surface area contributed by atoms with Gasteiger partial charge in [0.05, 0.1) is 30.6 Å². The van der Waals surface area contributed by atoms with Gasteiger partial charge >= 0.3 is 0 Å². The van der Waals surface area contributed by atoms with Crippen LogP contribution in [0.3, 0.4) is 0 Å². The van der Waals surface area contributed by atoms with E-state index < -0.39 is 0 Å². The molecule has 3 aromatic rings. The summed E-state index contributed by atoms with van der Waals surface area (Å²) in [7, 11) is 1.57. The van der Waals surface area contributed by atoms with Crippen LogP contribution in [0.1, 0.15) is 29.4 Å². The first-order valence-corrected chi connectivity index (χ1v) is 9.79. The van der Waals surface area contributed by atoms with Crippen molar-refractivity contribution in [3.05, 3.63) is 61.1 Å². The van der Waals surface area contributed by atoms with Gasteiger partial charge in [-0.2, -0.15) is 5.10 Å². The standard InChI is InChI=1S/C22H23N5O3/c1-3-21(28)26-10-8-16(9-11-26)27-14-15(13-23-27)24-22(29)19-12-20(30-2)17-6-4-5-7-18(17)25-19/h3-7,12-14,16H,1,8-11H2,2H3,(H,24,29). The number of fused-ring (bicyclic) bond motifs is 1. The summed E-state index contributed by atoms with van der Waals surface area (Å²) in [5.41, 5.74) is 1.56. The highest BCUT2D eigenvalue weighted by Crippen LogP contribution is 2.26. The largest absolute Gasteiger partial charge is 0.496 e. The lowest BCUT2D eigenvalue weighted by atomic mass is 10.1. The fourth-order valence-corrected chi connectivity index (χ4v) is 3.71. The predicted octanol–water partition coefficient (Wildman–Crippen LogP) is 3.04. The summed E-state index contributed by atoms with van der Waals surface area (Å²) in [6.45, 7) is 4.86. The summed E-state index contributed by atoms with van der Waals surface area (Å²) in [6.07, 6.45) is 6.39. The number of carbonyl (C=O) groups excluding carboxylic acids is 2. The van der Waals surface area contributed by atoms with Gasteiger partial charge in [0.1, 0.15) is 11.4 Å². The Bertz CT molecular complexity index is 1100. The maximum absolute atomic E-state index is 12.7. The van der Waals surface area contributed by atoms with E-state index in [0.29, 0.717) is 30.0 Å². The topological polar surface area (TPSA) is 89.4 Å². The van der Waals surface area contributed by atoms with Crippen molar-refractivity contribution in [1.29, 1.82) is 0 Å². The fraction of sp³-hybridized carbons (Fsp3) is 0.273. The number of carbonyl (C=O) groups is 2. The number of hydrogen-bond acceptors (Lipinski definition) is 5. The van der Waals surface area contributed by atoms with E-state index >= 15 is 0 Å². The number of nitrogens with one attached hydrogen (secondary N) is 1. The number of amides is 2. The average molecular weight is 405 g/mol. The van der Waals surface area contributed by atoms with Crippen LogP contribution in [0.4, 0.5) is 5.69 Å². The number of benzene rings is 1. The zero-order valence-corrected chi connectivity index (χ0v) is 16.7. The molecule has 1 N–H and O–H groups in total. The van der Waals surface area contributed by atoms with Gasteiger partial charge in [-0.15, -0.1) is 0 Å². The van der Waals surface area contributed by atoms with Gasteiger partial charge in [0.25, 0.3) is 5.91 Å². The number of anilines is 1. The zero-order chi connectivity index (χ0) is 21.1. The number of rotatable bonds is 5. The van der Waals surface area contributed by atoms with E-state index in [0.717, 1.165) is 18.2 Å². The van der Waals surface area contributed by atoms with Crippen LogP contribution >= 0.6 is 0 Å². The normalized spacial score (nSPS) is 14.5. The summed E-state index contributed by atoms with van der Waals surface area (Å²) in [4.78, 5) is 30.7. The minimum absolute atomic E-state index is 0.0415. The molecule has 0 atom stereocenters. The molecular weight excluding hydrogens is 382 g/mol. The maximum atomic E-state index is 12.7. The summed E-state index contributed by atoms with van der Waals surface area (Å²) >= 11 is 0. The summed E-state index contributed by atoms with van der Waals surface area (Å²) in [6, 6.07) is 9.33. The highest BCUT2D eigenvalue weighted by Gasteiger charge is 2.23. The van der Waals surface area contributed by atoms with E-state index in [9.17, 15) is 9.59 Å². The molecule has 1 aliphatic heterocycles. The molecule has 4 rings (SSSR count). The summed E-state index contributed by atoms with van der Waals surface area (Å²) < 4.78 is 7.26. The fourth-order valence-electron chi connectivity index (χ4n) is 3.71. The second-order valence-corrected chi connectivity index (χ2v) is 7.15. The number of para-hydroxylation sites is 1. The van der Waals surface area contributed by atoms with E-state index in [-0.39, 0.29) is 23.6 Å². The van der Waals surface area contributed by atoms with Gasteiger partial charge < -0.3 is 15.0 Å². The minimum Gasteiger partial charge on any atom is -0.496 e. The van der Waals surface area contributed by atoms with Gasteiger partial charge in [0.15, 0.2) is 0 Å². The van der Waals surface area contributed by atoms with Gasteiger partial charge in [-0.25, -0.2) is 4.98 Å².